The average Bonchev–Trinajstić information content (AvgIpc) is 3.11. The molecule has 2 aliphatic rings. The van der Waals surface area contributed by atoms with E-state index in [9.17, 15) is 0 Å². The Morgan fingerprint density at radius 3 is 2.64 bits per heavy atom. The quantitative estimate of drug-likeness (QED) is 0.541. The number of aliphatic imine (C=N–C) groups is 1. The van der Waals surface area contributed by atoms with Crippen LogP contribution < -0.4 is 11.1 Å². The molecule has 152 valence electrons. The lowest BCUT2D eigenvalue weighted by atomic mass is 9.84. The Labute approximate surface area is 188 Å². The molecule has 3 atom stereocenters. The van der Waals surface area contributed by atoms with Crippen molar-refractivity contribution < 1.29 is 0 Å². The average molecular weight is 461 g/mol. The largest absolute Gasteiger partial charge is 0.387 e. The maximum Gasteiger partial charge on any atom is 0.103 e. The van der Waals surface area contributed by atoms with Gasteiger partial charge in [-0.3, -0.25) is 0 Å². The first-order valence-corrected chi connectivity index (χ1v) is 9.93. The van der Waals surface area contributed by atoms with Gasteiger partial charge in [0.25, 0.3) is 0 Å². The molecule has 2 aromatic carbocycles. The van der Waals surface area contributed by atoms with Gasteiger partial charge in [-0.2, -0.15) is 0 Å². The summed E-state index contributed by atoms with van der Waals surface area (Å²) in [5.74, 6) is 1.65. The van der Waals surface area contributed by atoms with Gasteiger partial charge in [-0.25, -0.2) is 4.99 Å². The first-order valence-electron chi connectivity index (χ1n) is 9.18. The van der Waals surface area contributed by atoms with Gasteiger partial charge in [-0.15, -0.1) is 24.8 Å². The Balaban J connectivity index is 0.00000140. The van der Waals surface area contributed by atoms with Gasteiger partial charge in [0.15, 0.2) is 0 Å². The van der Waals surface area contributed by atoms with E-state index in [1.807, 2.05) is 18.2 Å². The van der Waals surface area contributed by atoms with E-state index in [0.29, 0.717) is 11.8 Å². The molecule has 1 aliphatic carbocycles. The Morgan fingerprint density at radius 2 is 1.89 bits per heavy atom. The summed E-state index contributed by atoms with van der Waals surface area (Å²) in [4.78, 5) is 4.69. The molecule has 2 aromatic rings. The monoisotopic (exact) mass is 459 g/mol. The van der Waals surface area contributed by atoms with Crippen molar-refractivity contribution in [3.8, 4) is 0 Å². The minimum atomic E-state index is 0. The van der Waals surface area contributed by atoms with E-state index in [1.165, 1.54) is 18.4 Å². The second-order valence-corrected chi connectivity index (χ2v) is 8.19. The summed E-state index contributed by atoms with van der Waals surface area (Å²) < 4.78 is 0. The highest BCUT2D eigenvalue weighted by Crippen LogP contribution is 2.48. The van der Waals surface area contributed by atoms with Crippen molar-refractivity contribution in [2.45, 2.75) is 44.7 Å². The standard InChI is InChI=1S/C21H23Cl2N3.2ClH/c1-12(25-11-13-4-2-5-14(22)8-13)17-10-20-18(9-19(17)23)15-6-3-7-16(15)21(24)26-20;;/h2,4-5,8-10,12,15-16,25H,3,6-7,11H2,1H3,(H2,24,26);2*1H. The van der Waals surface area contributed by atoms with Crippen LogP contribution >= 0.6 is 48.0 Å². The number of nitrogens with two attached hydrogens (primary N) is 1. The zero-order chi connectivity index (χ0) is 18.3. The smallest absolute Gasteiger partial charge is 0.103 e. The normalized spacial score (nSPS) is 20.9. The molecule has 3 nitrogen and oxygen atoms in total. The molecule has 1 fully saturated rings. The van der Waals surface area contributed by atoms with Crippen LogP contribution in [-0.2, 0) is 6.54 Å². The molecule has 3 unspecified atom stereocenters. The fourth-order valence-electron chi connectivity index (χ4n) is 4.26. The van der Waals surface area contributed by atoms with Crippen LogP contribution in [0.2, 0.25) is 10.0 Å². The predicted molar refractivity (Wildman–Crippen MR) is 124 cm³/mol. The lowest BCUT2D eigenvalue weighted by molar-refractivity contribution is 0.572. The summed E-state index contributed by atoms with van der Waals surface area (Å²) in [7, 11) is 0. The highest BCUT2D eigenvalue weighted by Gasteiger charge is 2.36. The van der Waals surface area contributed by atoms with Crippen molar-refractivity contribution in [2.75, 3.05) is 0 Å². The maximum absolute atomic E-state index is 6.65. The Bertz CT molecular complexity index is 869. The zero-order valence-electron chi connectivity index (χ0n) is 15.6. The van der Waals surface area contributed by atoms with Gasteiger partial charge in [0, 0.05) is 28.5 Å². The topological polar surface area (TPSA) is 50.4 Å². The van der Waals surface area contributed by atoms with E-state index >= 15 is 0 Å². The first kappa shape index (κ1) is 23.3. The van der Waals surface area contributed by atoms with Crippen molar-refractivity contribution in [3.63, 3.8) is 0 Å². The minimum Gasteiger partial charge on any atom is -0.387 e. The molecule has 1 aliphatic heterocycles. The summed E-state index contributed by atoms with van der Waals surface area (Å²) in [5, 5.41) is 5.08. The van der Waals surface area contributed by atoms with Gasteiger partial charge < -0.3 is 11.1 Å². The number of hydrogen-bond donors (Lipinski definition) is 2. The second-order valence-electron chi connectivity index (χ2n) is 7.35. The number of benzene rings is 2. The molecule has 0 radical (unpaired) electrons. The van der Waals surface area contributed by atoms with Crippen LogP contribution in [0.3, 0.4) is 0 Å². The van der Waals surface area contributed by atoms with Gasteiger partial charge in [0.05, 0.1) is 5.69 Å². The molecule has 0 spiro atoms. The fraction of sp³-hybridized carbons (Fsp3) is 0.381. The molecule has 1 heterocycles. The molecule has 0 bridgehead atoms. The number of nitrogens with one attached hydrogen (secondary N) is 1. The number of fused-ring (bicyclic) bond motifs is 3. The minimum absolute atomic E-state index is 0. The molecule has 0 amide bonds. The molecule has 0 aromatic heterocycles. The molecule has 3 N–H and O–H groups in total. The maximum atomic E-state index is 6.65. The first-order chi connectivity index (χ1) is 12.5. The third kappa shape index (κ3) is 4.60. The molecule has 0 saturated heterocycles. The highest BCUT2D eigenvalue weighted by atomic mass is 35.5. The van der Waals surface area contributed by atoms with Crippen LogP contribution in [0.5, 0.6) is 0 Å². The molecular weight excluding hydrogens is 436 g/mol. The molecule has 28 heavy (non-hydrogen) atoms. The van der Waals surface area contributed by atoms with Crippen molar-refractivity contribution in [2.24, 2.45) is 16.6 Å². The third-order valence-corrected chi connectivity index (χ3v) is 6.22. The van der Waals surface area contributed by atoms with Crippen LogP contribution in [0, 0.1) is 5.92 Å². The van der Waals surface area contributed by atoms with Gasteiger partial charge >= 0.3 is 0 Å². The van der Waals surface area contributed by atoms with Gasteiger partial charge in [0.2, 0.25) is 0 Å². The molecule has 7 heteroatoms. The number of rotatable bonds is 4. The van der Waals surface area contributed by atoms with E-state index in [1.54, 1.807) is 0 Å². The van der Waals surface area contributed by atoms with E-state index < -0.39 is 0 Å². The summed E-state index contributed by atoms with van der Waals surface area (Å²) in [5.41, 5.74) is 10.7. The molecule has 4 rings (SSSR count). The summed E-state index contributed by atoms with van der Waals surface area (Å²) in [6.07, 6.45) is 3.52. The number of hydrogen-bond acceptors (Lipinski definition) is 3. The van der Waals surface area contributed by atoms with Crippen LogP contribution in [-0.4, -0.2) is 5.84 Å². The predicted octanol–water partition coefficient (Wildman–Crippen LogP) is 6.57. The Morgan fingerprint density at radius 1 is 1.14 bits per heavy atom. The number of nitrogens with zero attached hydrogens (tertiary/aromatic N) is 1. The SMILES string of the molecule is CC(NCc1cccc(Cl)c1)c1cc2c(cc1Cl)C1CCCC1C(N)=N2.Cl.Cl. The van der Waals surface area contributed by atoms with Crippen LogP contribution in [0.15, 0.2) is 41.4 Å². The van der Waals surface area contributed by atoms with Crippen molar-refractivity contribution >= 4 is 59.5 Å². The lowest BCUT2D eigenvalue weighted by Crippen LogP contribution is -2.28. The van der Waals surface area contributed by atoms with Gasteiger partial charge in [-0.1, -0.05) is 41.8 Å². The van der Waals surface area contributed by atoms with E-state index in [4.69, 9.17) is 33.9 Å². The fourth-order valence-corrected chi connectivity index (χ4v) is 4.80. The Hall–Kier alpha value is -0.970. The van der Waals surface area contributed by atoms with Crippen LogP contribution in [0.4, 0.5) is 5.69 Å². The zero-order valence-corrected chi connectivity index (χ0v) is 18.8. The number of halogens is 4. The van der Waals surface area contributed by atoms with Crippen molar-refractivity contribution in [3.05, 3.63) is 63.1 Å². The van der Waals surface area contributed by atoms with E-state index in [-0.39, 0.29) is 30.9 Å². The van der Waals surface area contributed by atoms with Crippen molar-refractivity contribution in [1.29, 1.82) is 0 Å². The van der Waals surface area contributed by atoms with Gasteiger partial charge in [-0.05, 0) is 66.6 Å². The number of amidine groups is 1. The molecule has 1 saturated carbocycles. The van der Waals surface area contributed by atoms with Crippen LogP contribution in [0.1, 0.15) is 54.8 Å². The lowest BCUT2D eigenvalue weighted by Gasteiger charge is -2.28. The van der Waals surface area contributed by atoms with Gasteiger partial charge in [0.1, 0.15) is 5.84 Å². The van der Waals surface area contributed by atoms with E-state index in [0.717, 1.165) is 45.7 Å². The summed E-state index contributed by atoms with van der Waals surface area (Å²) >= 11 is 12.7. The third-order valence-electron chi connectivity index (χ3n) is 5.66. The Kier molecular flexibility index (Phi) is 8.06. The summed E-state index contributed by atoms with van der Waals surface area (Å²) in [6, 6.07) is 12.2. The second kappa shape index (κ2) is 9.69. The van der Waals surface area contributed by atoms with Crippen molar-refractivity contribution in [1.82, 2.24) is 5.32 Å². The molecular formula is C21H25Cl4N3. The highest BCUT2D eigenvalue weighted by molar-refractivity contribution is 6.31. The van der Waals surface area contributed by atoms with E-state index in [2.05, 4.69) is 30.4 Å². The summed E-state index contributed by atoms with van der Waals surface area (Å²) in [6.45, 7) is 2.84. The van der Waals surface area contributed by atoms with Crippen LogP contribution in [0.25, 0.3) is 0 Å².